The van der Waals surface area contributed by atoms with Gasteiger partial charge in [-0.3, -0.25) is 9.59 Å². The molecule has 0 saturated carbocycles. The summed E-state index contributed by atoms with van der Waals surface area (Å²) in [7, 11) is 0. The van der Waals surface area contributed by atoms with Gasteiger partial charge in [-0.25, -0.2) is 14.4 Å². The molecule has 8 aliphatic rings. The standard InChI is InChI=1S/C57H52O30/c1-11-36(65)14-5-17(37(11)66)55(79)83-25-10-82-53(77)15-7-22(62)38(67)40(69)27(15)28-16(8-23(63)39(68)41(28)70)54(78)85-50(25)52-51-33(29-21(61)9-19(59)13-6-24(64)48(84-49(13)29)12-2-3-18(58)20(60)4-12)32-35(57(81)86-51)31(44(73)47(76)45(32)74)30-34(56(80)87-52)26(14)42(71)46(75)43(30)72/h2-5,8-9,11,14-15,22,24-25,27,31-33,35-37,45,48,50-52,58-76H,6-7,10H2,1H3/t11-,14+,15+,22-,24+,25?,27-,31+,32-,33+,35?,36?,37-,45-,48-,50?,51?,52?/m1/s1. The number of rotatable bonds is 2. The third-order valence-corrected chi connectivity index (χ3v) is 18.0. The zero-order chi connectivity index (χ0) is 62.7. The minimum atomic E-state index is -2.87. The van der Waals surface area contributed by atoms with Crippen LogP contribution in [0.15, 0.2) is 65.0 Å². The van der Waals surface area contributed by atoms with Gasteiger partial charge in [0, 0.05) is 64.0 Å². The van der Waals surface area contributed by atoms with Crippen molar-refractivity contribution in [2.75, 3.05) is 6.61 Å². The van der Waals surface area contributed by atoms with E-state index in [1.54, 1.807) is 0 Å². The molecule has 6 unspecified atom stereocenters. The third kappa shape index (κ3) is 8.36. The van der Waals surface area contributed by atoms with Crippen LogP contribution in [0.1, 0.15) is 97.2 Å². The number of ether oxygens (including phenoxy) is 6. The van der Waals surface area contributed by atoms with Gasteiger partial charge < -0.3 is 125 Å². The third-order valence-electron chi connectivity index (χ3n) is 18.0. The highest BCUT2D eigenvalue weighted by molar-refractivity contribution is 5.99. The number of phenolic OH excluding ortho intramolecular Hbond substituents is 10. The van der Waals surface area contributed by atoms with E-state index < -0.39 is 283 Å². The highest BCUT2D eigenvalue weighted by Gasteiger charge is 2.65. The fourth-order valence-electron chi connectivity index (χ4n) is 13.8. The number of hydrogen-bond donors (Lipinski definition) is 19. The molecular formula is C57H52O30. The monoisotopic (exact) mass is 1220 g/mol. The molecule has 460 valence electrons. The Morgan fingerprint density at radius 1 is 0.517 bits per heavy atom. The molecule has 5 aliphatic heterocycles. The van der Waals surface area contributed by atoms with E-state index in [0.29, 0.717) is 12.1 Å². The molecule has 6 bridgehead atoms. The van der Waals surface area contributed by atoms with E-state index in [1.807, 2.05) is 0 Å². The summed E-state index contributed by atoms with van der Waals surface area (Å²) in [6, 6.07) is 4.22. The SMILES string of the molecule is C[C@@H]1C(O)[C@H]2C=C(C(=O)OC3COC(=O)[C@H]4C[C@@H](O)C(O)=C(O)[C@H]4c4c(cc(O)c(O)c4O)C(=O)OC3C3OC(=O)c4c2c(O)c(O)c(O)c4[C@@H]2C(O)=C(O)[C@H](O)[C@H]4C2C(=O)OC3[C@H]4c2c(O)cc(O)c3c2O[C@H](c2ccc(O)c(O)c2)[C@@H](O)C3)[C@@H]1O. The van der Waals surface area contributed by atoms with Crippen LogP contribution < -0.4 is 4.74 Å². The van der Waals surface area contributed by atoms with E-state index in [2.05, 4.69) is 0 Å². The van der Waals surface area contributed by atoms with Crippen LogP contribution in [-0.4, -0.2) is 188 Å². The quantitative estimate of drug-likeness (QED) is 0.0754. The van der Waals surface area contributed by atoms with Crippen LogP contribution in [0.4, 0.5) is 0 Å². The first-order valence-corrected chi connectivity index (χ1v) is 26.8. The van der Waals surface area contributed by atoms with Crippen molar-refractivity contribution < 1.29 is 149 Å². The number of carbonyl (C=O) groups excluding carboxylic acids is 5. The number of esters is 5. The molecule has 0 amide bonds. The number of phenols is 10. The van der Waals surface area contributed by atoms with Crippen molar-refractivity contribution in [2.45, 2.75) is 104 Å². The van der Waals surface area contributed by atoms with Gasteiger partial charge in [-0.1, -0.05) is 19.1 Å². The maximum Gasteiger partial charge on any atom is 0.339 e. The first kappa shape index (κ1) is 57.7. The lowest BCUT2D eigenvalue weighted by atomic mass is 9.59. The maximum absolute atomic E-state index is 16.0. The Hall–Kier alpha value is -9.75. The average Bonchev–Trinajstić information content (AvgIpc) is 0.778. The van der Waals surface area contributed by atoms with E-state index in [-0.39, 0.29) is 11.1 Å². The number of carbonyl (C=O) groups is 5. The first-order valence-electron chi connectivity index (χ1n) is 26.8. The Bertz CT molecular complexity index is 3810. The number of hydrogen-bond acceptors (Lipinski definition) is 30. The van der Waals surface area contributed by atoms with Gasteiger partial charge in [-0.15, -0.1) is 0 Å². The Labute approximate surface area is 485 Å². The fourth-order valence-corrected chi connectivity index (χ4v) is 13.8. The predicted molar refractivity (Wildman–Crippen MR) is 277 cm³/mol. The molecule has 5 heterocycles. The summed E-state index contributed by atoms with van der Waals surface area (Å²) >= 11 is 0. The molecule has 4 aromatic carbocycles. The number of aliphatic hydroxyl groups is 9. The van der Waals surface area contributed by atoms with E-state index in [0.717, 1.165) is 25.1 Å². The van der Waals surface area contributed by atoms with Crippen LogP contribution in [0.25, 0.3) is 0 Å². The number of aliphatic hydroxyl groups excluding tert-OH is 9. The minimum absolute atomic E-state index is 0.0920. The number of fused-ring (bicyclic) bond motifs is 14. The molecule has 1 fully saturated rings. The molecule has 87 heavy (non-hydrogen) atoms. The van der Waals surface area contributed by atoms with Crippen molar-refractivity contribution in [1.29, 1.82) is 0 Å². The summed E-state index contributed by atoms with van der Waals surface area (Å²) in [5.74, 6) is -44.2. The number of benzene rings is 4. The lowest BCUT2D eigenvalue weighted by molar-refractivity contribution is -0.205. The Kier molecular flexibility index (Phi) is 13.4. The molecule has 1 saturated heterocycles. The van der Waals surface area contributed by atoms with Crippen molar-refractivity contribution in [3.05, 3.63) is 110 Å². The number of cyclic esters (lactones) is 1. The smallest absolute Gasteiger partial charge is 0.339 e. The van der Waals surface area contributed by atoms with Crippen LogP contribution in [-0.2, 0) is 44.5 Å². The molecule has 18 atom stereocenters. The lowest BCUT2D eigenvalue weighted by Crippen LogP contribution is -2.62. The number of aromatic hydroxyl groups is 10. The van der Waals surface area contributed by atoms with Crippen LogP contribution in [0.5, 0.6) is 63.2 Å². The van der Waals surface area contributed by atoms with Gasteiger partial charge in [0.05, 0.1) is 58.7 Å². The molecule has 0 spiro atoms. The summed E-state index contributed by atoms with van der Waals surface area (Å²) in [5, 5.41) is 219. The van der Waals surface area contributed by atoms with Gasteiger partial charge in [-0.2, -0.15) is 0 Å². The summed E-state index contributed by atoms with van der Waals surface area (Å²) in [6.45, 7) is -0.308. The summed E-state index contributed by atoms with van der Waals surface area (Å²) in [5.41, 5.74) is -7.66. The van der Waals surface area contributed by atoms with Crippen molar-refractivity contribution in [2.24, 2.45) is 23.7 Å². The number of allylic oxidation sites excluding steroid dienone is 2. The van der Waals surface area contributed by atoms with Gasteiger partial charge in [-0.05, 0) is 30.2 Å². The second kappa shape index (κ2) is 20.2. The topological polar surface area (TPSA) is 525 Å². The van der Waals surface area contributed by atoms with Gasteiger partial charge in [0.25, 0.3) is 0 Å². The average molecular weight is 1220 g/mol. The molecule has 19 N–H and O–H groups in total. The highest BCUT2D eigenvalue weighted by Crippen LogP contribution is 2.63. The molecule has 4 aromatic rings. The van der Waals surface area contributed by atoms with E-state index in [1.165, 1.54) is 6.07 Å². The molecular weight excluding hydrogens is 1160 g/mol. The van der Waals surface area contributed by atoms with Crippen molar-refractivity contribution in [3.8, 4) is 63.2 Å². The van der Waals surface area contributed by atoms with Gasteiger partial charge in [0.1, 0.15) is 59.8 Å². The first-order chi connectivity index (χ1) is 41.0. The van der Waals surface area contributed by atoms with Gasteiger partial charge in [0.15, 0.2) is 64.3 Å². The Morgan fingerprint density at radius 2 is 1.18 bits per heavy atom. The summed E-state index contributed by atoms with van der Waals surface area (Å²) in [6.07, 6.45) is -24.0. The second-order valence-electron chi connectivity index (χ2n) is 22.6. The van der Waals surface area contributed by atoms with Gasteiger partial charge in [0.2, 0.25) is 11.5 Å². The fraction of sp³-hybridized carbons (Fsp3) is 0.386. The summed E-state index contributed by atoms with van der Waals surface area (Å²) < 4.78 is 36.7. The predicted octanol–water partition coefficient (Wildman–Crippen LogP) is 0.927. The molecule has 3 aliphatic carbocycles. The van der Waals surface area contributed by atoms with E-state index >= 15 is 19.2 Å². The normalized spacial score (nSPS) is 33.6. The van der Waals surface area contributed by atoms with E-state index in [9.17, 15) is 102 Å². The Morgan fingerprint density at radius 3 is 1.89 bits per heavy atom. The molecule has 30 nitrogen and oxygen atoms in total. The summed E-state index contributed by atoms with van der Waals surface area (Å²) in [4.78, 5) is 76.6. The van der Waals surface area contributed by atoms with Crippen LogP contribution in [0.2, 0.25) is 0 Å². The molecule has 0 radical (unpaired) electrons. The zero-order valence-corrected chi connectivity index (χ0v) is 44.5. The highest BCUT2D eigenvalue weighted by atomic mass is 16.6. The largest absolute Gasteiger partial charge is 0.508 e. The van der Waals surface area contributed by atoms with Crippen LogP contribution >= 0.6 is 0 Å². The van der Waals surface area contributed by atoms with Gasteiger partial charge >= 0.3 is 29.8 Å². The zero-order valence-electron chi connectivity index (χ0n) is 44.5. The molecule has 0 aromatic heterocycles. The molecule has 30 heteroatoms. The van der Waals surface area contributed by atoms with Crippen LogP contribution in [0.3, 0.4) is 0 Å². The lowest BCUT2D eigenvalue weighted by Gasteiger charge is -2.52. The second-order valence-corrected chi connectivity index (χ2v) is 22.6. The Balaban J connectivity index is 1.19. The van der Waals surface area contributed by atoms with Crippen LogP contribution in [0, 0.1) is 23.7 Å². The van der Waals surface area contributed by atoms with Crippen molar-refractivity contribution in [1.82, 2.24) is 0 Å². The van der Waals surface area contributed by atoms with Crippen molar-refractivity contribution >= 4 is 29.8 Å². The van der Waals surface area contributed by atoms with E-state index in [4.69, 9.17) is 28.4 Å². The minimum Gasteiger partial charge on any atom is -0.508 e. The van der Waals surface area contributed by atoms with Crippen molar-refractivity contribution in [3.63, 3.8) is 0 Å². The maximum atomic E-state index is 16.0. The molecule has 12 rings (SSSR count).